The fraction of sp³-hybridized carbons (Fsp3) is 1.00. The zero-order valence-corrected chi connectivity index (χ0v) is 10.2. The average Bonchev–Trinajstić information content (AvgIpc) is 2.38. The molecule has 0 aromatic rings. The highest BCUT2D eigenvalue weighted by atomic mass is 16.5. The topological polar surface area (TPSA) is 44.5 Å². The molecule has 3 heteroatoms. The van der Waals surface area contributed by atoms with Gasteiger partial charge in [-0.1, -0.05) is 19.3 Å². The van der Waals surface area contributed by atoms with Crippen LogP contribution in [0.15, 0.2) is 0 Å². The van der Waals surface area contributed by atoms with Gasteiger partial charge in [-0.2, -0.15) is 0 Å². The second kappa shape index (κ2) is 6.58. The molecule has 1 aliphatic carbocycles. The Morgan fingerprint density at radius 1 is 1.06 bits per heavy atom. The lowest BCUT2D eigenvalue weighted by Gasteiger charge is -2.29. The van der Waals surface area contributed by atoms with Crippen LogP contribution < -0.4 is 5.73 Å². The van der Waals surface area contributed by atoms with E-state index in [-0.39, 0.29) is 6.04 Å². The first-order chi connectivity index (χ1) is 7.86. The Balaban J connectivity index is 1.63. The van der Waals surface area contributed by atoms with Crippen molar-refractivity contribution in [2.24, 2.45) is 11.7 Å². The molecule has 1 atom stereocenters. The van der Waals surface area contributed by atoms with Gasteiger partial charge in [-0.05, 0) is 31.6 Å². The van der Waals surface area contributed by atoms with Crippen LogP contribution in [-0.2, 0) is 9.47 Å². The molecule has 1 aliphatic heterocycles. The summed E-state index contributed by atoms with van der Waals surface area (Å²) in [5, 5.41) is 0. The highest BCUT2D eigenvalue weighted by Crippen LogP contribution is 2.26. The van der Waals surface area contributed by atoms with Gasteiger partial charge in [0, 0.05) is 19.3 Å². The van der Waals surface area contributed by atoms with Crippen LogP contribution in [0.25, 0.3) is 0 Å². The number of ether oxygens (including phenoxy) is 2. The molecule has 94 valence electrons. The molecule has 0 radical (unpaired) electrons. The van der Waals surface area contributed by atoms with Gasteiger partial charge in [0.15, 0.2) is 0 Å². The molecular weight excluding hydrogens is 202 g/mol. The first kappa shape index (κ1) is 12.3. The third kappa shape index (κ3) is 3.72. The maximum atomic E-state index is 6.21. The zero-order chi connectivity index (χ0) is 11.2. The number of hydrogen-bond acceptors (Lipinski definition) is 3. The Labute approximate surface area is 98.7 Å². The van der Waals surface area contributed by atoms with Crippen LogP contribution in [0.1, 0.15) is 44.9 Å². The van der Waals surface area contributed by atoms with E-state index in [2.05, 4.69) is 0 Å². The summed E-state index contributed by atoms with van der Waals surface area (Å²) in [7, 11) is 0. The van der Waals surface area contributed by atoms with Crippen molar-refractivity contribution in [3.8, 4) is 0 Å². The van der Waals surface area contributed by atoms with Gasteiger partial charge < -0.3 is 15.2 Å². The molecule has 16 heavy (non-hydrogen) atoms. The molecule has 1 heterocycles. The van der Waals surface area contributed by atoms with Crippen molar-refractivity contribution in [2.75, 3.05) is 19.8 Å². The van der Waals surface area contributed by atoms with Gasteiger partial charge in [0.2, 0.25) is 0 Å². The van der Waals surface area contributed by atoms with Gasteiger partial charge in [0.1, 0.15) is 0 Å². The normalized spacial score (nSPS) is 26.8. The number of nitrogens with two attached hydrogens (primary N) is 1. The third-order valence-corrected chi connectivity index (χ3v) is 3.95. The third-order valence-electron chi connectivity index (χ3n) is 3.95. The van der Waals surface area contributed by atoms with E-state index in [0.717, 1.165) is 32.7 Å². The number of hydrogen-bond donors (Lipinski definition) is 1. The predicted octanol–water partition coefficient (Wildman–Crippen LogP) is 2.09. The quantitative estimate of drug-likeness (QED) is 0.800. The van der Waals surface area contributed by atoms with Gasteiger partial charge in [-0.3, -0.25) is 0 Å². The van der Waals surface area contributed by atoms with E-state index in [1.807, 2.05) is 0 Å². The summed E-state index contributed by atoms with van der Waals surface area (Å²) in [5.74, 6) is 0.702. The molecule has 1 unspecified atom stereocenters. The van der Waals surface area contributed by atoms with Crippen LogP contribution >= 0.6 is 0 Å². The molecule has 0 aromatic heterocycles. The average molecular weight is 227 g/mol. The number of rotatable bonds is 4. The maximum Gasteiger partial charge on any atom is 0.0624 e. The molecule has 1 saturated heterocycles. The molecule has 0 spiro atoms. The van der Waals surface area contributed by atoms with Crippen molar-refractivity contribution < 1.29 is 9.47 Å². The van der Waals surface area contributed by atoms with Crippen molar-refractivity contribution in [1.82, 2.24) is 0 Å². The Bertz CT molecular complexity index is 186. The molecule has 2 aliphatic rings. The molecule has 3 nitrogen and oxygen atoms in total. The molecular formula is C13H25NO2. The second-order valence-corrected chi connectivity index (χ2v) is 5.21. The lowest BCUT2D eigenvalue weighted by atomic mass is 9.84. The maximum absolute atomic E-state index is 6.21. The van der Waals surface area contributed by atoms with Gasteiger partial charge in [0.25, 0.3) is 0 Å². The summed E-state index contributed by atoms with van der Waals surface area (Å²) in [6.45, 7) is 2.45. The van der Waals surface area contributed by atoms with E-state index in [9.17, 15) is 0 Å². The van der Waals surface area contributed by atoms with E-state index in [4.69, 9.17) is 15.2 Å². The minimum absolute atomic E-state index is 0.253. The zero-order valence-electron chi connectivity index (χ0n) is 10.2. The summed E-state index contributed by atoms with van der Waals surface area (Å²) in [6, 6.07) is 0.253. The summed E-state index contributed by atoms with van der Waals surface area (Å²) in [6.07, 6.45) is 9.18. The Kier molecular flexibility index (Phi) is 5.07. The summed E-state index contributed by atoms with van der Waals surface area (Å²) in [4.78, 5) is 0. The van der Waals surface area contributed by atoms with Gasteiger partial charge >= 0.3 is 0 Å². The SMILES string of the molecule is NC(COC1CCOCC1)C1CCCCC1. The highest BCUT2D eigenvalue weighted by molar-refractivity contribution is 4.77. The standard InChI is InChI=1S/C13H25NO2/c14-13(11-4-2-1-3-5-11)10-16-12-6-8-15-9-7-12/h11-13H,1-10,14H2. The fourth-order valence-corrected chi connectivity index (χ4v) is 2.79. The van der Waals surface area contributed by atoms with Crippen LogP contribution in [0.2, 0.25) is 0 Å². The molecule has 0 aromatic carbocycles. The van der Waals surface area contributed by atoms with Crippen LogP contribution in [0, 0.1) is 5.92 Å². The Morgan fingerprint density at radius 2 is 1.75 bits per heavy atom. The Morgan fingerprint density at radius 3 is 2.44 bits per heavy atom. The second-order valence-electron chi connectivity index (χ2n) is 5.21. The van der Waals surface area contributed by atoms with E-state index < -0.39 is 0 Å². The summed E-state index contributed by atoms with van der Waals surface area (Å²) in [5.41, 5.74) is 6.21. The van der Waals surface area contributed by atoms with E-state index in [0.29, 0.717) is 12.0 Å². The van der Waals surface area contributed by atoms with E-state index >= 15 is 0 Å². The first-order valence-corrected chi connectivity index (χ1v) is 6.81. The monoisotopic (exact) mass is 227 g/mol. The fourth-order valence-electron chi connectivity index (χ4n) is 2.79. The first-order valence-electron chi connectivity index (χ1n) is 6.81. The smallest absolute Gasteiger partial charge is 0.0624 e. The molecule has 1 saturated carbocycles. The van der Waals surface area contributed by atoms with Gasteiger partial charge in [-0.15, -0.1) is 0 Å². The van der Waals surface area contributed by atoms with Crippen molar-refractivity contribution >= 4 is 0 Å². The minimum Gasteiger partial charge on any atom is -0.381 e. The molecule has 2 N–H and O–H groups in total. The van der Waals surface area contributed by atoms with E-state index in [1.165, 1.54) is 32.1 Å². The minimum atomic E-state index is 0.253. The van der Waals surface area contributed by atoms with Crippen LogP contribution in [-0.4, -0.2) is 32.0 Å². The van der Waals surface area contributed by atoms with Gasteiger partial charge in [-0.25, -0.2) is 0 Å². The molecule has 0 amide bonds. The van der Waals surface area contributed by atoms with Crippen LogP contribution in [0.5, 0.6) is 0 Å². The lowest BCUT2D eigenvalue weighted by Crippen LogP contribution is -2.38. The van der Waals surface area contributed by atoms with Gasteiger partial charge in [0.05, 0.1) is 12.7 Å². The molecule has 0 bridgehead atoms. The van der Waals surface area contributed by atoms with Crippen molar-refractivity contribution in [3.63, 3.8) is 0 Å². The Hall–Kier alpha value is -0.120. The van der Waals surface area contributed by atoms with Crippen molar-refractivity contribution in [2.45, 2.75) is 57.1 Å². The lowest BCUT2D eigenvalue weighted by molar-refractivity contribution is -0.0404. The predicted molar refractivity (Wildman–Crippen MR) is 64.3 cm³/mol. The summed E-state index contributed by atoms with van der Waals surface area (Å²) < 4.78 is 11.2. The van der Waals surface area contributed by atoms with E-state index in [1.54, 1.807) is 0 Å². The summed E-state index contributed by atoms with van der Waals surface area (Å²) >= 11 is 0. The van der Waals surface area contributed by atoms with Crippen molar-refractivity contribution in [1.29, 1.82) is 0 Å². The molecule has 2 fully saturated rings. The largest absolute Gasteiger partial charge is 0.381 e. The van der Waals surface area contributed by atoms with Crippen LogP contribution in [0.3, 0.4) is 0 Å². The molecule has 2 rings (SSSR count). The van der Waals surface area contributed by atoms with Crippen LogP contribution in [0.4, 0.5) is 0 Å². The highest BCUT2D eigenvalue weighted by Gasteiger charge is 2.22. The van der Waals surface area contributed by atoms with Crippen molar-refractivity contribution in [3.05, 3.63) is 0 Å².